The zero-order valence-corrected chi connectivity index (χ0v) is 36.2. The van der Waals surface area contributed by atoms with Crippen molar-refractivity contribution < 1.29 is 39.5 Å². The Hall–Kier alpha value is -4.86. The molecule has 0 saturated carbocycles. The van der Waals surface area contributed by atoms with E-state index < -0.39 is 36.9 Å². The minimum absolute atomic E-state index is 0.0645. The zero-order valence-electron chi connectivity index (χ0n) is 36.2. The summed E-state index contributed by atoms with van der Waals surface area (Å²) in [4.78, 5) is 43.5. The molecule has 19 heteroatoms. The van der Waals surface area contributed by atoms with Crippen LogP contribution in [0.25, 0.3) is 0 Å². The number of aryl methyl sites for hydroxylation is 1. The van der Waals surface area contributed by atoms with Gasteiger partial charge in [0.2, 0.25) is 5.91 Å². The summed E-state index contributed by atoms with van der Waals surface area (Å²) in [6.07, 6.45) is 1.08. The van der Waals surface area contributed by atoms with Crippen LogP contribution in [0.4, 0.5) is 28.7 Å². The van der Waals surface area contributed by atoms with Crippen molar-refractivity contribution in [3.8, 4) is 5.75 Å². The van der Waals surface area contributed by atoms with Crippen molar-refractivity contribution in [3.05, 3.63) is 58.9 Å². The molecular weight excluding hydrogens is 811 g/mol. The normalized spacial score (nSPS) is 25.1. The van der Waals surface area contributed by atoms with E-state index in [-0.39, 0.29) is 29.9 Å². The van der Waals surface area contributed by atoms with Gasteiger partial charge in [0, 0.05) is 106 Å². The first-order chi connectivity index (χ1) is 30.5. The van der Waals surface area contributed by atoms with Crippen LogP contribution in [-0.2, 0) is 16.0 Å². The number of fused-ring (bicyclic) bond motifs is 1. The Morgan fingerprint density at radius 1 is 0.921 bits per heavy atom. The molecule has 342 valence electrons. The molecule has 5 atom stereocenters. The van der Waals surface area contributed by atoms with E-state index in [0.29, 0.717) is 97.9 Å². The molecule has 2 amide bonds. The number of aromatic nitrogens is 2. The van der Waals surface area contributed by atoms with Crippen molar-refractivity contribution in [2.24, 2.45) is 5.73 Å². The number of hydrogen-bond donors (Lipinski definition) is 9. The number of ether oxygens (including phenoxy) is 2. The van der Waals surface area contributed by atoms with E-state index >= 15 is 0 Å². The predicted octanol–water partition coefficient (Wildman–Crippen LogP) is 1.78. The van der Waals surface area contributed by atoms with Crippen LogP contribution in [0.2, 0.25) is 0 Å². The molecule has 2 aromatic carbocycles. The summed E-state index contributed by atoms with van der Waals surface area (Å²) in [5.41, 5.74) is 9.92. The highest BCUT2D eigenvalue weighted by Crippen LogP contribution is 2.46. The first-order valence-electron chi connectivity index (χ1n) is 22.4. The zero-order chi connectivity index (χ0) is 44.2. The smallest absolute Gasteiger partial charge is 0.271 e. The van der Waals surface area contributed by atoms with E-state index in [4.69, 9.17) is 20.2 Å². The third kappa shape index (κ3) is 9.80. The van der Waals surface area contributed by atoms with Gasteiger partial charge in [0.25, 0.3) is 5.91 Å². The van der Waals surface area contributed by atoms with Gasteiger partial charge in [0.15, 0.2) is 17.3 Å². The summed E-state index contributed by atoms with van der Waals surface area (Å²) in [6, 6.07) is 11.3. The Labute approximate surface area is 367 Å². The fourth-order valence-corrected chi connectivity index (χ4v) is 9.80. The van der Waals surface area contributed by atoms with Gasteiger partial charge in [-0.3, -0.25) is 19.8 Å². The number of carbonyl (C=O) groups is 2. The van der Waals surface area contributed by atoms with Gasteiger partial charge in [0.05, 0.1) is 24.5 Å². The minimum Gasteiger partial charge on any atom is -0.495 e. The number of carbonyl (C=O) groups excluding carboxylic acids is 2. The highest BCUT2D eigenvalue weighted by Gasteiger charge is 2.45. The number of piperazine rings is 1. The molecule has 0 aliphatic carbocycles. The van der Waals surface area contributed by atoms with Crippen LogP contribution < -0.4 is 36.6 Å². The fourth-order valence-electron chi connectivity index (χ4n) is 9.80. The van der Waals surface area contributed by atoms with Crippen molar-refractivity contribution >= 4 is 40.5 Å². The molecule has 0 bridgehead atoms. The predicted molar refractivity (Wildman–Crippen MR) is 237 cm³/mol. The lowest BCUT2D eigenvalue weighted by Crippen LogP contribution is -2.57. The van der Waals surface area contributed by atoms with Crippen molar-refractivity contribution in [2.45, 2.75) is 101 Å². The van der Waals surface area contributed by atoms with Gasteiger partial charge >= 0.3 is 0 Å². The van der Waals surface area contributed by atoms with Crippen molar-refractivity contribution in [3.63, 3.8) is 0 Å². The Kier molecular flexibility index (Phi) is 14.1. The molecule has 5 unspecified atom stereocenters. The average molecular weight is 874 g/mol. The first-order valence-corrected chi connectivity index (χ1v) is 22.4. The number of nitrogens with two attached hydrogens (primary N) is 1. The highest BCUT2D eigenvalue weighted by molar-refractivity contribution is 5.96. The average Bonchev–Trinajstić information content (AvgIpc) is 3.55. The molecule has 1 aromatic heterocycles. The molecule has 4 saturated heterocycles. The second-order valence-electron chi connectivity index (χ2n) is 17.1. The van der Waals surface area contributed by atoms with Crippen molar-refractivity contribution in [1.82, 2.24) is 30.0 Å². The lowest BCUT2D eigenvalue weighted by molar-refractivity contribution is -0.158. The quantitative estimate of drug-likeness (QED) is 0.112. The topological polar surface area (TPSA) is 246 Å². The molecule has 0 spiro atoms. The number of aliphatic hydroxyl groups is 4. The number of hydrogen-bond acceptors (Lipinski definition) is 17. The molecule has 0 radical (unpaired) electrons. The Morgan fingerprint density at radius 2 is 1.68 bits per heavy atom. The van der Waals surface area contributed by atoms with Crippen LogP contribution in [0.3, 0.4) is 0 Å². The standard InChI is InChI=1S/C44H63N11O8/c1-3-30-40(47-26-14-23-63-24-15-26)51-41(38(49-30)39(45)58)48-27-7-8-32(34(25-27)62-2)53-17-12-28(13-18-53)52-19-21-54(22-20-52)36(57)11-16-46-31-6-4-5-29-37(31)44(61)55(43(29)60)33-9-10-35(56)50-42(33)59/h4-8,25-26,28,33,35,42-44,46,50,56,59-61H,3,9-24H2,1-2H3,(H2,45,58)(H2,47,48,51). The van der Waals surface area contributed by atoms with Crippen molar-refractivity contribution in [2.75, 3.05) is 87.0 Å². The summed E-state index contributed by atoms with van der Waals surface area (Å²) in [5.74, 6) is 1.02. The summed E-state index contributed by atoms with van der Waals surface area (Å²) >= 11 is 0. The molecule has 19 nitrogen and oxygen atoms in total. The van der Waals surface area contributed by atoms with E-state index in [0.717, 1.165) is 57.5 Å². The van der Waals surface area contributed by atoms with E-state index in [1.165, 1.54) is 4.90 Å². The van der Waals surface area contributed by atoms with Crippen LogP contribution >= 0.6 is 0 Å². The lowest BCUT2D eigenvalue weighted by atomic mass is 10.0. The second-order valence-corrected chi connectivity index (χ2v) is 17.1. The summed E-state index contributed by atoms with van der Waals surface area (Å²) in [5, 5.41) is 55.7. The number of aliphatic hydroxyl groups excluding tert-OH is 4. The van der Waals surface area contributed by atoms with Crippen LogP contribution in [0.15, 0.2) is 36.4 Å². The lowest BCUT2D eigenvalue weighted by Gasteiger charge is -2.43. The van der Waals surface area contributed by atoms with Crippen LogP contribution in [0.1, 0.15) is 91.6 Å². The number of primary amides is 1. The van der Waals surface area contributed by atoms with Gasteiger partial charge in [0.1, 0.15) is 30.7 Å². The van der Waals surface area contributed by atoms with E-state index in [1.807, 2.05) is 36.1 Å². The molecule has 6 heterocycles. The monoisotopic (exact) mass is 873 g/mol. The Balaban J connectivity index is 0.811. The van der Waals surface area contributed by atoms with Gasteiger partial charge in [-0.15, -0.1) is 0 Å². The van der Waals surface area contributed by atoms with Crippen LogP contribution in [0, 0.1) is 0 Å². The minimum atomic E-state index is -1.17. The molecule has 8 rings (SSSR count). The Morgan fingerprint density at radius 3 is 2.38 bits per heavy atom. The maximum atomic E-state index is 13.3. The number of piperidine rings is 2. The molecule has 3 aromatic rings. The molecule has 63 heavy (non-hydrogen) atoms. The van der Waals surface area contributed by atoms with Gasteiger partial charge in [-0.05, 0) is 63.1 Å². The number of nitrogens with one attached hydrogen (secondary N) is 4. The molecule has 5 aliphatic rings. The summed E-state index contributed by atoms with van der Waals surface area (Å²) in [6.45, 7) is 8.33. The number of anilines is 5. The molecular formula is C44H63N11O8. The second kappa shape index (κ2) is 19.9. The number of benzene rings is 2. The van der Waals surface area contributed by atoms with Crippen molar-refractivity contribution in [1.29, 1.82) is 0 Å². The van der Waals surface area contributed by atoms with Gasteiger partial charge in [-0.25, -0.2) is 14.9 Å². The Bertz CT molecular complexity index is 2080. The van der Waals surface area contributed by atoms with E-state index in [9.17, 15) is 30.0 Å². The molecule has 4 fully saturated rings. The maximum Gasteiger partial charge on any atom is 0.271 e. The largest absolute Gasteiger partial charge is 0.495 e. The summed E-state index contributed by atoms with van der Waals surface area (Å²) < 4.78 is 11.4. The number of rotatable bonds is 14. The van der Waals surface area contributed by atoms with Gasteiger partial charge in [-0.2, -0.15) is 0 Å². The third-order valence-electron chi connectivity index (χ3n) is 13.3. The van der Waals surface area contributed by atoms with Gasteiger partial charge in [-0.1, -0.05) is 19.1 Å². The van der Waals surface area contributed by atoms with Crippen LogP contribution in [-0.4, -0.2) is 154 Å². The van der Waals surface area contributed by atoms with Gasteiger partial charge < -0.3 is 61.4 Å². The maximum absolute atomic E-state index is 13.3. The number of methoxy groups -OCH3 is 1. The van der Waals surface area contributed by atoms with Crippen LogP contribution in [0.5, 0.6) is 5.75 Å². The van der Waals surface area contributed by atoms with E-state index in [1.54, 1.807) is 19.2 Å². The molecule has 5 aliphatic heterocycles. The molecule has 10 N–H and O–H groups in total. The number of nitrogens with zero attached hydrogens (tertiary/aromatic N) is 6. The van der Waals surface area contributed by atoms with E-state index in [2.05, 4.69) is 36.1 Å². The highest BCUT2D eigenvalue weighted by atomic mass is 16.5. The first kappa shape index (κ1) is 44.7. The SMILES string of the molecule is CCc1nc(C(N)=O)c(Nc2ccc(N3CCC(N4CCN(C(=O)CCNc5cccc6c5C(O)N(C5CCC(O)NC5O)C6O)CC4)CC3)c(OC)c2)nc1NC1CCOCC1. The fraction of sp³-hybridized carbons (Fsp3) is 0.591. The summed E-state index contributed by atoms with van der Waals surface area (Å²) in [7, 11) is 1.65. The third-order valence-corrected chi connectivity index (χ3v) is 13.3. The number of amides is 2.